The molecule has 0 saturated heterocycles. The third kappa shape index (κ3) is 2.86. The molecule has 2 heteroatoms. The minimum absolute atomic E-state index is 0.309. The monoisotopic (exact) mass is 220 g/mol. The highest BCUT2D eigenvalue weighted by atomic mass is 32.2. The lowest BCUT2D eigenvalue weighted by atomic mass is 10.1. The highest BCUT2D eigenvalue weighted by Crippen LogP contribution is 2.34. The molecule has 0 aromatic heterocycles. The number of ether oxygens (including phenoxy) is 1. The fourth-order valence-electron chi connectivity index (χ4n) is 1.79. The number of methoxy groups -OCH3 is 1. The molecule has 0 aliphatic heterocycles. The minimum atomic E-state index is 0.309. The molecule has 1 aliphatic rings. The molecule has 0 amide bonds. The molecule has 15 heavy (non-hydrogen) atoms. The highest BCUT2D eigenvalue weighted by molar-refractivity contribution is 8.03. The number of rotatable bonds is 3. The SMILES string of the molecule is COC1CCCC=C1Sc1ccccc1. The summed E-state index contributed by atoms with van der Waals surface area (Å²) < 4.78 is 5.49. The van der Waals surface area contributed by atoms with Crippen molar-refractivity contribution in [2.45, 2.75) is 30.3 Å². The molecular formula is C13H16OS. The Labute approximate surface area is 95.5 Å². The lowest BCUT2D eigenvalue weighted by Crippen LogP contribution is -2.14. The molecule has 0 heterocycles. The van der Waals surface area contributed by atoms with Gasteiger partial charge in [0.25, 0.3) is 0 Å². The minimum Gasteiger partial charge on any atom is -0.376 e. The Hall–Kier alpha value is -0.730. The number of hydrogen-bond donors (Lipinski definition) is 0. The van der Waals surface area contributed by atoms with Gasteiger partial charge >= 0.3 is 0 Å². The molecule has 1 aromatic carbocycles. The van der Waals surface area contributed by atoms with Crippen LogP contribution in [0.5, 0.6) is 0 Å². The first-order chi connectivity index (χ1) is 7.40. The smallest absolute Gasteiger partial charge is 0.0879 e. The van der Waals surface area contributed by atoms with Gasteiger partial charge in [-0.1, -0.05) is 36.0 Å². The van der Waals surface area contributed by atoms with Gasteiger partial charge in [-0.3, -0.25) is 0 Å². The van der Waals surface area contributed by atoms with Gasteiger partial charge < -0.3 is 4.74 Å². The van der Waals surface area contributed by atoms with E-state index in [2.05, 4.69) is 30.3 Å². The molecular weight excluding hydrogens is 204 g/mol. The van der Waals surface area contributed by atoms with Gasteiger partial charge in [-0.25, -0.2) is 0 Å². The van der Waals surface area contributed by atoms with E-state index < -0.39 is 0 Å². The van der Waals surface area contributed by atoms with Crippen molar-refractivity contribution in [2.24, 2.45) is 0 Å². The molecule has 0 fully saturated rings. The van der Waals surface area contributed by atoms with E-state index in [1.54, 1.807) is 7.11 Å². The summed E-state index contributed by atoms with van der Waals surface area (Å²) in [5, 5.41) is 0. The molecule has 80 valence electrons. The molecule has 1 atom stereocenters. The maximum Gasteiger partial charge on any atom is 0.0879 e. The second-order valence-corrected chi connectivity index (χ2v) is 4.82. The van der Waals surface area contributed by atoms with Crippen molar-refractivity contribution in [1.29, 1.82) is 0 Å². The summed E-state index contributed by atoms with van der Waals surface area (Å²) in [6.45, 7) is 0. The van der Waals surface area contributed by atoms with Crippen LogP contribution >= 0.6 is 11.8 Å². The zero-order chi connectivity index (χ0) is 10.5. The molecule has 0 spiro atoms. The number of benzene rings is 1. The normalized spacial score (nSPS) is 21.1. The van der Waals surface area contributed by atoms with E-state index in [-0.39, 0.29) is 0 Å². The van der Waals surface area contributed by atoms with Gasteiger partial charge in [0.15, 0.2) is 0 Å². The standard InChI is InChI=1S/C13H16OS/c1-14-12-9-5-6-10-13(12)15-11-7-3-2-4-8-11/h2-4,7-8,10,12H,5-6,9H2,1H3. The maximum absolute atomic E-state index is 5.49. The van der Waals surface area contributed by atoms with Crippen molar-refractivity contribution < 1.29 is 4.74 Å². The van der Waals surface area contributed by atoms with Gasteiger partial charge in [-0.2, -0.15) is 0 Å². The summed E-state index contributed by atoms with van der Waals surface area (Å²) in [5.74, 6) is 0. The second kappa shape index (κ2) is 5.38. The topological polar surface area (TPSA) is 9.23 Å². The Bertz CT molecular complexity index is 332. The largest absolute Gasteiger partial charge is 0.376 e. The van der Waals surface area contributed by atoms with E-state index in [9.17, 15) is 0 Å². The Balaban J connectivity index is 2.07. The average Bonchev–Trinajstić information content (AvgIpc) is 2.31. The molecule has 0 saturated carbocycles. The molecule has 1 aromatic rings. The van der Waals surface area contributed by atoms with E-state index in [1.165, 1.54) is 22.6 Å². The Morgan fingerprint density at radius 2 is 2.07 bits per heavy atom. The third-order valence-corrected chi connectivity index (χ3v) is 3.77. The highest BCUT2D eigenvalue weighted by Gasteiger charge is 2.17. The molecule has 1 unspecified atom stereocenters. The molecule has 2 rings (SSSR count). The summed E-state index contributed by atoms with van der Waals surface area (Å²) >= 11 is 1.83. The van der Waals surface area contributed by atoms with Crippen LogP contribution in [0.3, 0.4) is 0 Å². The van der Waals surface area contributed by atoms with Crippen LogP contribution in [0.1, 0.15) is 19.3 Å². The zero-order valence-electron chi connectivity index (χ0n) is 8.98. The summed E-state index contributed by atoms with van der Waals surface area (Å²) in [7, 11) is 1.80. The number of allylic oxidation sites excluding steroid dienone is 1. The Morgan fingerprint density at radius 1 is 1.27 bits per heavy atom. The first-order valence-corrected chi connectivity index (χ1v) is 6.17. The molecule has 0 N–H and O–H groups in total. The lowest BCUT2D eigenvalue weighted by Gasteiger charge is -2.22. The average molecular weight is 220 g/mol. The van der Waals surface area contributed by atoms with Crippen LogP contribution in [-0.4, -0.2) is 13.2 Å². The molecule has 0 radical (unpaired) electrons. The predicted molar refractivity (Wildman–Crippen MR) is 65.0 cm³/mol. The summed E-state index contributed by atoms with van der Waals surface area (Å²) in [6, 6.07) is 10.5. The number of hydrogen-bond acceptors (Lipinski definition) is 2. The van der Waals surface area contributed by atoms with Crippen molar-refractivity contribution in [1.82, 2.24) is 0 Å². The van der Waals surface area contributed by atoms with Crippen LogP contribution in [0, 0.1) is 0 Å². The van der Waals surface area contributed by atoms with Crippen LogP contribution in [0.2, 0.25) is 0 Å². The predicted octanol–water partition coefficient (Wildman–Crippen LogP) is 3.86. The summed E-state index contributed by atoms with van der Waals surface area (Å²) in [5.41, 5.74) is 0. The van der Waals surface area contributed by atoms with Gasteiger partial charge in [0.1, 0.15) is 0 Å². The van der Waals surface area contributed by atoms with Crippen molar-refractivity contribution >= 4 is 11.8 Å². The quantitative estimate of drug-likeness (QED) is 0.765. The summed E-state index contributed by atoms with van der Waals surface area (Å²) in [4.78, 5) is 2.67. The van der Waals surface area contributed by atoms with E-state index in [0.29, 0.717) is 6.10 Å². The number of thioether (sulfide) groups is 1. The lowest BCUT2D eigenvalue weighted by molar-refractivity contribution is 0.125. The Kier molecular flexibility index (Phi) is 3.87. The fraction of sp³-hybridized carbons (Fsp3) is 0.385. The van der Waals surface area contributed by atoms with Gasteiger partial charge in [0, 0.05) is 16.9 Å². The van der Waals surface area contributed by atoms with E-state index in [1.807, 2.05) is 17.8 Å². The van der Waals surface area contributed by atoms with Gasteiger partial charge in [0.2, 0.25) is 0 Å². The maximum atomic E-state index is 5.49. The summed E-state index contributed by atoms with van der Waals surface area (Å²) in [6.07, 6.45) is 6.22. The van der Waals surface area contributed by atoms with Crippen LogP contribution in [-0.2, 0) is 4.74 Å². The Morgan fingerprint density at radius 3 is 2.80 bits per heavy atom. The molecule has 0 bridgehead atoms. The second-order valence-electron chi connectivity index (χ2n) is 3.68. The van der Waals surface area contributed by atoms with Gasteiger partial charge in [0.05, 0.1) is 6.10 Å². The van der Waals surface area contributed by atoms with Crippen LogP contribution in [0.4, 0.5) is 0 Å². The molecule has 1 aliphatic carbocycles. The van der Waals surface area contributed by atoms with Crippen LogP contribution in [0.25, 0.3) is 0 Å². The van der Waals surface area contributed by atoms with Crippen molar-refractivity contribution in [2.75, 3.05) is 7.11 Å². The first-order valence-electron chi connectivity index (χ1n) is 5.36. The third-order valence-electron chi connectivity index (χ3n) is 2.60. The van der Waals surface area contributed by atoms with Crippen molar-refractivity contribution in [3.8, 4) is 0 Å². The van der Waals surface area contributed by atoms with Gasteiger partial charge in [-0.15, -0.1) is 0 Å². The van der Waals surface area contributed by atoms with Crippen molar-refractivity contribution in [3.63, 3.8) is 0 Å². The molecule has 1 nitrogen and oxygen atoms in total. The first kappa shape index (κ1) is 10.8. The van der Waals surface area contributed by atoms with Crippen molar-refractivity contribution in [3.05, 3.63) is 41.3 Å². The fourth-order valence-corrected chi connectivity index (χ4v) is 2.90. The van der Waals surface area contributed by atoms with Gasteiger partial charge in [-0.05, 0) is 31.4 Å². The van der Waals surface area contributed by atoms with E-state index in [4.69, 9.17) is 4.74 Å². The van der Waals surface area contributed by atoms with E-state index >= 15 is 0 Å². The zero-order valence-corrected chi connectivity index (χ0v) is 9.80. The van der Waals surface area contributed by atoms with E-state index in [0.717, 1.165) is 6.42 Å². The van der Waals surface area contributed by atoms with Crippen LogP contribution < -0.4 is 0 Å². The van der Waals surface area contributed by atoms with Crippen LogP contribution in [0.15, 0.2) is 46.2 Å².